The van der Waals surface area contributed by atoms with Gasteiger partial charge in [0.05, 0.1) is 0 Å². The molecule has 6 heteroatoms. The van der Waals surface area contributed by atoms with Gasteiger partial charge in [-0.15, -0.1) is 0 Å². The topological polar surface area (TPSA) is 41.6 Å². The molecule has 0 bridgehead atoms. The first-order valence-electron chi connectivity index (χ1n) is 7.59. The van der Waals surface area contributed by atoms with Gasteiger partial charge in [0, 0.05) is 38.4 Å². The van der Waals surface area contributed by atoms with Gasteiger partial charge in [-0.25, -0.2) is 13.6 Å². The van der Waals surface area contributed by atoms with Crippen LogP contribution in [0.4, 0.5) is 13.6 Å². The van der Waals surface area contributed by atoms with Crippen molar-refractivity contribution in [2.75, 3.05) is 20.3 Å². The van der Waals surface area contributed by atoms with Crippen molar-refractivity contribution >= 4 is 6.03 Å². The average Bonchev–Trinajstić information content (AvgIpc) is 2.54. The number of amides is 2. The molecular formula is C16H22F2N2O2. The van der Waals surface area contributed by atoms with Crippen LogP contribution in [0.25, 0.3) is 0 Å². The number of halogens is 2. The lowest BCUT2D eigenvalue weighted by molar-refractivity contribution is 0.116. The number of hydrogen-bond donors (Lipinski definition) is 1. The molecule has 1 fully saturated rings. The molecule has 0 spiro atoms. The van der Waals surface area contributed by atoms with Gasteiger partial charge in [-0.1, -0.05) is 12.1 Å². The van der Waals surface area contributed by atoms with Gasteiger partial charge in [-0.2, -0.15) is 0 Å². The van der Waals surface area contributed by atoms with Crippen LogP contribution in [0.5, 0.6) is 0 Å². The van der Waals surface area contributed by atoms with E-state index in [0.29, 0.717) is 13.2 Å². The fourth-order valence-corrected chi connectivity index (χ4v) is 2.78. The van der Waals surface area contributed by atoms with Crippen molar-refractivity contribution in [3.8, 4) is 0 Å². The van der Waals surface area contributed by atoms with E-state index in [0.717, 1.165) is 31.7 Å². The number of nitrogens with one attached hydrogen (secondary N) is 1. The largest absolute Gasteiger partial charge is 0.385 e. The van der Waals surface area contributed by atoms with Gasteiger partial charge in [0.15, 0.2) is 11.6 Å². The normalized spacial score (nSPS) is 18.3. The minimum atomic E-state index is -0.905. The fourth-order valence-electron chi connectivity index (χ4n) is 2.78. The van der Waals surface area contributed by atoms with Gasteiger partial charge >= 0.3 is 6.03 Å². The lowest BCUT2D eigenvalue weighted by Crippen LogP contribution is -2.48. The van der Waals surface area contributed by atoms with Crippen molar-refractivity contribution in [2.24, 2.45) is 0 Å². The summed E-state index contributed by atoms with van der Waals surface area (Å²) < 4.78 is 31.8. The smallest absolute Gasteiger partial charge is 0.317 e. The van der Waals surface area contributed by atoms with E-state index in [2.05, 4.69) is 5.32 Å². The molecule has 1 unspecified atom stereocenters. The minimum Gasteiger partial charge on any atom is -0.385 e. The predicted octanol–water partition coefficient (Wildman–Crippen LogP) is 3.07. The SMILES string of the molecule is COCCC1CCCCN1C(=O)NCc1cccc(F)c1F. The Hall–Kier alpha value is -1.69. The summed E-state index contributed by atoms with van der Waals surface area (Å²) in [6, 6.07) is 3.88. The molecule has 0 radical (unpaired) electrons. The van der Waals surface area contributed by atoms with Gasteiger partial charge in [-0.05, 0) is 31.7 Å². The average molecular weight is 312 g/mol. The Balaban J connectivity index is 1.93. The molecule has 1 heterocycles. The number of piperidine rings is 1. The Morgan fingerprint density at radius 2 is 2.23 bits per heavy atom. The third kappa shape index (κ3) is 4.16. The number of benzene rings is 1. The van der Waals surface area contributed by atoms with Crippen molar-refractivity contribution < 1.29 is 18.3 Å². The first kappa shape index (κ1) is 16.7. The molecule has 4 nitrogen and oxygen atoms in total. The lowest BCUT2D eigenvalue weighted by Gasteiger charge is -2.35. The van der Waals surface area contributed by atoms with E-state index in [1.54, 1.807) is 12.0 Å². The molecule has 1 saturated heterocycles. The van der Waals surface area contributed by atoms with Crippen LogP contribution in [0.15, 0.2) is 18.2 Å². The van der Waals surface area contributed by atoms with Crippen LogP contribution in [0, 0.1) is 11.6 Å². The predicted molar refractivity (Wildman–Crippen MR) is 79.4 cm³/mol. The van der Waals surface area contributed by atoms with Crippen LogP contribution >= 0.6 is 0 Å². The molecule has 2 rings (SSSR count). The van der Waals surface area contributed by atoms with Crippen LogP contribution in [0.2, 0.25) is 0 Å². The summed E-state index contributed by atoms with van der Waals surface area (Å²) in [5, 5.41) is 2.68. The number of methoxy groups -OCH3 is 1. The highest BCUT2D eigenvalue weighted by molar-refractivity contribution is 5.74. The Labute approximate surface area is 129 Å². The molecule has 0 aromatic heterocycles. The molecule has 2 amide bonds. The van der Waals surface area contributed by atoms with Crippen molar-refractivity contribution in [1.29, 1.82) is 0 Å². The van der Waals surface area contributed by atoms with E-state index in [9.17, 15) is 13.6 Å². The Morgan fingerprint density at radius 1 is 1.41 bits per heavy atom. The molecular weight excluding hydrogens is 290 g/mol. The van der Waals surface area contributed by atoms with Crippen LogP contribution in [-0.4, -0.2) is 37.2 Å². The monoisotopic (exact) mass is 312 g/mol. The van der Waals surface area contributed by atoms with E-state index >= 15 is 0 Å². The van der Waals surface area contributed by atoms with Gasteiger partial charge in [0.25, 0.3) is 0 Å². The highest BCUT2D eigenvalue weighted by atomic mass is 19.2. The Morgan fingerprint density at radius 3 is 3.00 bits per heavy atom. The molecule has 122 valence electrons. The lowest BCUT2D eigenvalue weighted by atomic mass is 10.00. The van der Waals surface area contributed by atoms with Crippen LogP contribution in [-0.2, 0) is 11.3 Å². The zero-order valence-electron chi connectivity index (χ0n) is 12.8. The zero-order valence-corrected chi connectivity index (χ0v) is 12.8. The summed E-state index contributed by atoms with van der Waals surface area (Å²) in [4.78, 5) is 14.1. The summed E-state index contributed by atoms with van der Waals surface area (Å²) in [6.07, 6.45) is 3.80. The van der Waals surface area contributed by atoms with Crippen molar-refractivity contribution in [3.63, 3.8) is 0 Å². The van der Waals surface area contributed by atoms with E-state index < -0.39 is 11.6 Å². The summed E-state index contributed by atoms with van der Waals surface area (Å²) in [5.41, 5.74) is 0.152. The summed E-state index contributed by atoms with van der Waals surface area (Å²) in [5.74, 6) is -1.81. The van der Waals surface area contributed by atoms with Crippen molar-refractivity contribution in [1.82, 2.24) is 10.2 Å². The van der Waals surface area contributed by atoms with Crippen molar-refractivity contribution in [2.45, 2.75) is 38.3 Å². The van der Waals surface area contributed by atoms with E-state index in [4.69, 9.17) is 4.74 Å². The molecule has 22 heavy (non-hydrogen) atoms. The second-order valence-corrected chi connectivity index (χ2v) is 5.50. The van der Waals surface area contributed by atoms with Gasteiger partial charge in [0.1, 0.15) is 0 Å². The van der Waals surface area contributed by atoms with E-state index in [1.807, 2.05) is 0 Å². The number of carbonyl (C=O) groups is 1. The maximum atomic E-state index is 13.6. The van der Waals surface area contributed by atoms with Gasteiger partial charge < -0.3 is 15.0 Å². The fraction of sp³-hybridized carbons (Fsp3) is 0.562. The quantitative estimate of drug-likeness (QED) is 0.908. The van der Waals surface area contributed by atoms with Crippen molar-refractivity contribution in [3.05, 3.63) is 35.4 Å². The highest BCUT2D eigenvalue weighted by Crippen LogP contribution is 2.20. The maximum Gasteiger partial charge on any atom is 0.317 e. The van der Waals surface area contributed by atoms with E-state index in [-0.39, 0.29) is 24.2 Å². The molecule has 1 aromatic rings. The summed E-state index contributed by atoms with van der Waals surface area (Å²) in [6.45, 7) is 1.27. The summed E-state index contributed by atoms with van der Waals surface area (Å²) in [7, 11) is 1.64. The minimum absolute atomic E-state index is 0.0179. The number of nitrogens with zero attached hydrogens (tertiary/aromatic N) is 1. The molecule has 0 aliphatic carbocycles. The number of hydrogen-bond acceptors (Lipinski definition) is 2. The van der Waals surface area contributed by atoms with Crippen LogP contribution in [0.1, 0.15) is 31.2 Å². The van der Waals surface area contributed by atoms with Crippen LogP contribution in [0.3, 0.4) is 0 Å². The maximum absolute atomic E-state index is 13.6. The number of carbonyl (C=O) groups excluding carboxylic acids is 1. The second-order valence-electron chi connectivity index (χ2n) is 5.50. The second kappa shape index (κ2) is 8.08. The Bertz CT molecular complexity index is 511. The van der Waals surface area contributed by atoms with Gasteiger partial charge in [-0.3, -0.25) is 0 Å². The first-order valence-corrected chi connectivity index (χ1v) is 7.59. The third-order valence-electron chi connectivity index (χ3n) is 4.00. The Kier molecular flexibility index (Phi) is 6.12. The third-order valence-corrected chi connectivity index (χ3v) is 4.00. The van der Waals surface area contributed by atoms with E-state index in [1.165, 1.54) is 12.1 Å². The highest BCUT2D eigenvalue weighted by Gasteiger charge is 2.26. The first-order chi connectivity index (χ1) is 10.6. The standard InChI is InChI=1S/C16H22F2N2O2/c1-22-10-8-13-6-2-3-9-20(13)16(21)19-11-12-5-4-7-14(17)15(12)18/h4-5,7,13H,2-3,6,8-11H2,1H3,(H,19,21). The van der Waals surface area contributed by atoms with Gasteiger partial charge in [0.2, 0.25) is 0 Å². The molecule has 1 aliphatic heterocycles. The molecule has 1 aliphatic rings. The molecule has 1 atom stereocenters. The number of urea groups is 1. The number of likely N-dealkylation sites (tertiary alicyclic amines) is 1. The molecule has 1 N–H and O–H groups in total. The molecule has 1 aromatic carbocycles. The number of ether oxygens (including phenoxy) is 1. The zero-order chi connectivity index (χ0) is 15.9. The number of rotatable bonds is 5. The van der Waals surface area contributed by atoms with Crippen LogP contribution < -0.4 is 5.32 Å². The molecule has 0 saturated carbocycles. The summed E-state index contributed by atoms with van der Waals surface area (Å²) >= 11 is 0.